The van der Waals surface area contributed by atoms with Crippen LogP contribution in [0.25, 0.3) is 11.3 Å². The molecule has 6 nitrogen and oxygen atoms in total. The van der Waals surface area contributed by atoms with Crippen LogP contribution in [0.2, 0.25) is 0 Å². The molecule has 9 heteroatoms. The Morgan fingerprint density at radius 1 is 1.35 bits per heavy atom. The Hall–Kier alpha value is -2.26. The number of nitrogens with one attached hydrogen (secondary N) is 2. The summed E-state index contributed by atoms with van der Waals surface area (Å²) in [6, 6.07) is 2.34. The molecule has 2 heterocycles. The molecule has 1 aromatic carbocycles. The topological polar surface area (TPSA) is 84.5 Å². The summed E-state index contributed by atoms with van der Waals surface area (Å²) in [5.41, 5.74) is 3.41. The summed E-state index contributed by atoms with van der Waals surface area (Å²) in [5.74, 6) is -2.07. The van der Waals surface area contributed by atoms with Crippen LogP contribution in [0.3, 0.4) is 0 Å². The highest BCUT2D eigenvalue weighted by Crippen LogP contribution is 2.31. The molecule has 0 spiro atoms. The molecule has 2 aliphatic rings. The van der Waals surface area contributed by atoms with Gasteiger partial charge in [-0.3, -0.25) is 15.1 Å². The molecule has 140 valence electrons. The molecule has 3 rings (SSSR count). The van der Waals surface area contributed by atoms with Crippen LogP contribution in [0, 0.1) is 11.6 Å². The minimum absolute atomic E-state index is 0.0817. The van der Waals surface area contributed by atoms with Gasteiger partial charge in [0.05, 0.1) is 23.7 Å². The minimum Gasteiger partial charge on any atom is -0.353 e. The Balaban J connectivity index is 1.83. The highest BCUT2D eigenvalue weighted by atomic mass is 32.2. The van der Waals surface area contributed by atoms with Crippen molar-refractivity contribution in [2.75, 3.05) is 18.1 Å². The molecule has 2 N–H and O–H groups in total. The van der Waals surface area contributed by atoms with E-state index in [0.717, 1.165) is 0 Å². The number of rotatable bonds is 4. The summed E-state index contributed by atoms with van der Waals surface area (Å²) in [5, 5.41) is 2.59. The van der Waals surface area contributed by atoms with Gasteiger partial charge in [-0.2, -0.15) is 0 Å². The van der Waals surface area contributed by atoms with E-state index in [1.165, 1.54) is 25.1 Å². The third-order valence-electron chi connectivity index (χ3n) is 4.17. The molecule has 0 bridgehead atoms. The van der Waals surface area contributed by atoms with Gasteiger partial charge in [-0.1, -0.05) is 6.08 Å². The van der Waals surface area contributed by atoms with Crippen molar-refractivity contribution in [2.45, 2.75) is 19.4 Å². The first-order valence-corrected chi connectivity index (χ1v) is 9.84. The first-order valence-electron chi connectivity index (χ1n) is 8.02. The zero-order valence-electron chi connectivity index (χ0n) is 14.0. The van der Waals surface area contributed by atoms with Crippen LogP contribution < -0.4 is 10.8 Å². The van der Waals surface area contributed by atoms with Crippen LogP contribution in [0.5, 0.6) is 0 Å². The van der Waals surface area contributed by atoms with E-state index >= 15 is 0 Å². The summed E-state index contributed by atoms with van der Waals surface area (Å²) < 4.78 is 51.9. The van der Waals surface area contributed by atoms with Crippen molar-refractivity contribution in [3.63, 3.8) is 0 Å². The number of benzene rings is 1. The molecule has 0 fully saturated rings. The molecule has 26 heavy (non-hydrogen) atoms. The van der Waals surface area contributed by atoms with E-state index < -0.39 is 27.6 Å². The number of hydrogen-bond acceptors (Lipinski definition) is 5. The molecular formula is C17H18F2N2O4S. The molecule has 2 aliphatic heterocycles. The molecule has 1 atom stereocenters. The van der Waals surface area contributed by atoms with E-state index in [9.17, 15) is 22.0 Å². The van der Waals surface area contributed by atoms with E-state index in [0.29, 0.717) is 11.3 Å². The van der Waals surface area contributed by atoms with Gasteiger partial charge >= 0.3 is 0 Å². The SMILES string of the molecule is CC(=O)NCC1C=C(c2cc(F)c(C3=CCS(=O)(=O)CC3)c(F)c2)NO1. The number of carbonyl (C=O) groups is 1. The monoisotopic (exact) mass is 384 g/mol. The van der Waals surface area contributed by atoms with Crippen molar-refractivity contribution in [1.82, 2.24) is 10.8 Å². The van der Waals surface area contributed by atoms with Crippen LogP contribution in [-0.4, -0.2) is 38.5 Å². The maximum Gasteiger partial charge on any atom is 0.216 e. The van der Waals surface area contributed by atoms with Gasteiger partial charge in [-0.25, -0.2) is 17.2 Å². The summed E-state index contributed by atoms with van der Waals surface area (Å²) in [6.45, 7) is 1.61. The van der Waals surface area contributed by atoms with Crippen molar-refractivity contribution >= 4 is 27.0 Å². The van der Waals surface area contributed by atoms with Gasteiger partial charge in [-0.05, 0) is 30.2 Å². The van der Waals surface area contributed by atoms with Gasteiger partial charge in [0, 0.05) is 18.1 Å². The quantitative estimate of drug-likeness (QED) is 0.823. The fourth-order valence-electron chi connectivity index (χ4n) is 2.83. The lowest BCUT2D eigenvalue weighted by Crippen LogP contribution is -2.30. The van der Waals surface area contributed by atoms with Crippen LogP contribution >= 0.6 is 0 Å². The number of sulfone groups is 1. The predicted octanol–water partition coefficient (Wildman–Crippen LogP) is 1.55. The molecule has 0 saturated heterocycles. The molecule has 1 aromatic rings. The van der Waals surface area contributed by atoms with Gasteiger partial charge in [0.15, 0.2) is 9.84 Å². The Morgan fingerprint density at radius 3 is 2.62 bits per heavy atom. The second-order valence-corrected chi connectivity index (χ2v) is 8.41. The van der Waals surface area contributed by atoms with Gasteiger partial charge in [0.2, 0.25) is 5.91 Å². The third kappa shape index (κ3) is 4.10. The normalized spacial score (nSPS) is 21.6. The average molecular weight is 384 g/mol. The van der Waals surface area contributed by atoms with Crippen LogP contribution in [-0.2, 0) is 19.5 Å². The maximum absolute atomic E-state index is 14.5. The lowest BCUT2D eigenvalue weighted by Gasteiger charge is -2.16. The smallest absolute Gasteiger partial charge is 0.216 e. The van der Waals surface area contributed by atoms with Gasteiger partial charge in [0.1, 0.15) is 17.7 Å². The molecular weight excluding hydrogens is 366 g/mol. The van der Waals surface area contributed by atoms with E-state index in [1.54, 1.807) is 6.08 Å². The lowest BCUT2D eigenvalue weighted by atomic mass is 9.99. The highest BCUT2D eigenvalue weighted by molar-refractivity contribution is 7.91. The molecule has 0 saturated carbocycles. The lowest BCUT2D eigenvalue weighted by molar-refractivity contribution is -0.119. The first-order chi connectivity index (χ1) is 12.2. The summed E-state index contributed by atoms with van der Waals surface area (Å²) in [6.07, 6.45) is 2.61. The molecule has 0 aliphatic carbocycles. The second kappa shape index (κ2) is 7.16. The minimum atomic E-state index is -3.18. The molecule has 0 aromatic heterocycles. The van der Waals surface area contributed by atoms with Gasteiger partial charge in [-0.15, -0.1) is 0 Å². The first kappa shape index (κ1) is 18.5. The largest absolute Gasteiger partial charge is 0.353 e. The van der Waals surface area contributed by atoms with E-state index in [1.807, 2.05) is 0 Å². The highest BCUT2D eigenvalue weighted by Gasteiger charge is 2.24. The van der Waals surface area contributed by atoms with Crippen molar-refractivity contribution < 1.29 is 26.8 Å². The number of allylic oxidation sites excluding steroid dienone is 1. The number of hydroxylamine groups is 1. The number of amides is 1. The van der Waals surface area contributed by atoms with E-state index in [2.05, 4.69) is 10.8 Å². The molecule has 1 amide bonds. The van der Waals surface area contributed by atoms with Crippen LogP contribution in [0.1, 0.15) is 24.5 Å². The second-order valence-electron chi connectivity index (χ2n) is 6.18. The van der Waals surface area contributed by atoms with Crippen LogP contribution in [0.15, 0.2) is 24.3 Å². The van der Waals surface area contributed by atoms with Gasteiger partial charge < -0.3 is 5.32 Å². The van der Waals surface area contributed by atoms with E-state index in [4.69, 9.17) is 4.84 Å². The van der Waals surface area contributed by atoms with Crippen LogP contribution in [0.4, 0.5) is 8.78 Å². The summed E-state index contributed by atoms with van der Waals surface area (Å²) in [4.78, 5) is 16.2. The Kier molecular flexibility index (Phi) is 5.10. The zero-order chi connectivity index (χ0) is 18.9. The Morgan fingerprint density at radius 2 is 2.04 bits per heavy atom. The average Bonchev–Trinajstić information content (AvgIpc) is 3.02. The number of halogens is 2. The van der Waals surface area contributed by atoms with E-state index in [-0.39, 0.29) is 41.5 Å². The Bertz CT molecular complexity index is 886. The van der Waals surface area contributed by atoms with Crippen molar-refractivity contribution in [2.24, 2.45) is 0 Å². The summed E-state index contributed by atoms with van der Waals surface area (Å²) in [7, 11) is -3.18. The number of carbonyl (C=O) groups excluding carboxylic acids is 1. The zero-order valence-corrected chi connectivity index (χ0v) is 14.8. The van der Waals surface area contributed by atoms with Crippen molar-refractivity contribution in [3.8, 4) is 0 Å². The predicted molar refractivity (Wildman–Crippen MR) is 92.3 cm³/mol. The van der Waals surface area contributed by atoms with Crippen molar-refractivity contribution in [3.05, 3.63) is 47.0 Å². The summed E-state index contributed by atoms with van der Waals surface area (Å²) >= 11 is 0. The fourth-order valence-corrected chi connectivity index (χ4v) is 3.99. The van der Waals surface area contributed by atoms with Gasteiger partial charge in [0.25, 0.3) is 0 Å². The third-order valence-corrected chi connectivity index (χ3v) is 5.67. The standard InChI is InChI=1S/C17H18F2N2O4S/c1-10(22)20-9-13-8-16(21-25-13)12-6-14(18)17(15(19)7-12)11-2-4-26(23,24)5-3-11/h2,6-8,13,21H,3-5,9H2,1H3,(H,20,22). The Labute approximate surface area is 149 Å². The molecule has 1 unspecified atom stereocenters. The van der Waals surface area contributed by atoms with Crippen molar-refractivity contribution in [1.29, 1.82) is 0 Å². The molecule has 0 radical (unpaired) electrons. The number of hydrogen-bond donors (Lipinski definition) is 2. The fraction of sp³-hybridized carbons (Fsp3) is 0.353. The maximum atomic E-state index is 14.5.